The smallest absolute Gasteiger partial charge is 0.356 e. The Morgan fingerprint density at radius 2 is 1.94 bits per heavy atom. The number of hydrogen-bond donors (Lipinski definition) is 2. The predicted molar refractivity (Wildman–Crippen MR) is 133 cm³/mol. The van der Waals surface area contributed by atoms with Gasteiger partial charge in [-0.3, -0.25) is 4.79 Å². The van der Waals surface area contributed by atoms with Crippen LogP contribution in [0.3, 0.4) is 0 Å². The van der Waals surface area contributed by atoms with Crippen LogP contribution in [0, 0.1) is 0 Å². The third-order valence-electron chi connectivity index (χ3n) is 5.34. The molecule has 1 aromatic carbocycles. The van der Waals surface area contributed by atoms with Crippen LogP contribution >= 0.6 is 11.3 Å². The normalized spacial score (nSPS) is 10.9. The number of carbonyl (C=O) groups is 2. The minimum absolute atomic E-state index is 0.176. The molecule has 4 aromatic rings. The Bertz CT molecular complexity index is 1270. The number of fused-ring (bicyclic) bond motifs is 1. The molecule has 0 aliphatic heterocycles. The number of esters is 1. The summed E-state index contributed by atoms with van der Waals surface area (Å²) in [5.74, 6) is -0.796. The summed E-state index contributed by atoms with van der Waals surface area (Å²) in [6, 6.07) is 13.4. The van der Waals surface area contributed by atoms with E-state index in [4.69, 9.17) is 9.47 Å². The maximum absolute atomic E-state index is 12.9. The summed E-state index contributed by atoms with van der Waals surface area (Å²) in [6.45, 7) is 1.38. The summed E-state index contributed by atoms with van der Waals surface area (Å²) in [7, 11) is 2.91. The third kappa shape index (κ3) is 5.27. The number of rotatable bonds is 10. The van der Waals surface area contributed by atoms with E-state index in [0.29, 0.717) is 36.4 Å². The number of nitrogens with zero attached hydrogens (tertiary/aromatic N) is 2. The van der Waals surface area contributed by atoms with Crippen LogP contribution in [0.5, 0.6) is 0 Å². The second kappa shape index (κ2) is 11.0. The van der Waals surface area contributed by atoms with Crippen molar-refractivity contribution in [3.63, 3.8) is 0 Å². The van der Waals surface area contributed by atoms with Crippen LogP contribution in [0.15, 0.2) is 59.4 Å². The Hall–Kier alpha value is -3.69. The van der Waals surface area contributed by atoms with Gasteiger partial charge in [0.05, 0.1) is 37.7 Å². The van der Waals surface area contributed by atoms with Crippen LogP contribution in [0.25, 0.3) is 11.0 Å². The van der Waals surface area contributed by atoms with Crippen molar-refractivity contribution < 1.29 is 19.1 Å². The number of anilines is 2. The van der Waals surface area contributed by atoms with Crippen molar-refractivity contribution in [3.8, 4) is 0 Å². The number of thiophene rings is 1. The van der Waals surface area contributed by atoms with E-state index in [1.807, 2.05) is 41.8 Å². The minimum Gasteiger partial charge on any atom is -0.464 e. The van der Waals surface area contributed by atoms with Crippen LogP contribution in [0.1, 0.15) is 21.6 Å². The van der Waals surface area contributed by atoms with E-state index >= 15 is 0 Å². The summed E-state index contributed by atoms with van der Waals surface area (Å²) in [5.41, 5.74) is 3.99. The second-order valence-electron chi connectivity index (χ2n) is 7.65. The fourth-order valence-electron chi connectivity index (χ4n) is 3.72. The van der Waals surface area contributed by atoms with Gasteiger partial charge >= 0.3 is 5.97 Å². The Balaban J connectivity index is 1.73. The summed E-state index contributed by atoms with van der Waals surface area (Å²) >= 11 is 1.64. The van der Waals surface area contributed by atoms with Gasteiger partial charge in [-0.25, -0.2) is 9.78 Å². The molecule has 0 saturated heterocycles. The molecule has 9 heteroatoms. The van der Waals surface area contributed by atoms with Gasteiger partial charge < -0.3 is 24.7 Å². The largest absolute Gasteiger partial charge is 0.464 e. The van der Waals surface area contributed by atoms with Gasteiger partial charge in [-0.05, 0) is 34.0 Å². The van der Waals surface area contributed by atoms with E-state index in [1.54, 1.807) is 29.2 Å². The van der Waals surface area contributed by atoms with Crippen molar-refractivity contribution in [2.24, 2.45) is 0 Å². The first kappa shape index (κ1) is 23.5. The van der Waals surface area contributed by atoms with E-state index in [1.165, 1.54) is 7.11 Å². The highest BCUT2D eigenvalue weighted by Crippen LogP contribution is 2.33. The zero-order valence-corrected chi connectivity index (χ0v) is 19.9. The molecular formula is C25H26N4O4S. The van der Waals surface area contributed by atoms with E-state index in [-0.39, 0.29) is 18.0 Å². The van der Waals surface area contributed by atoms with Gasteiger partial charge in [-0.2, -0.15) is 11.3 Å². The second-order valence-corrected chi connectivity index (χ2v) is 8.43. The zero-order chi connectivity index (χ0) is 23.9. The Labute approximate surface area is 201 Å². The Morgan fingerprint density at radius 1 is 1.12 bits per heavy atom. The van der Waals surface area contributed by atoms with Gasteiger partial charge in [-0.15, -0.1) is 0 Å². The van der Waals surface area contributed by atoms with Crippen molar-refractivity contribution in [1.29, 1.82) is 0 Å². The maximum atomic E-state index is 12.9. The van der Waals surface area contributed by atoms with E-state index < -0.39 is 5.97 Å². The van der Waals surface area contributed by atoms with Crippen LogP contribution in [-0.4, -0.2) is 42.3 Å². The van der Waals surface area contributed by atoms with Crippen LogP contribution in [0.4, 0.5) is 11.4 Å². The molecule has 0 radical (unpaired) electrons. The average Bonchev–Trinajstić information content (AvgIpc) is 3.48. The molecule has 0 aliphatic carbocycles. The lowest BCUT2D eigenvalue weighted by molar-refractivity contribution is -0.115. The molecule has 176 valence electrons. The average molecular weight is 479 g/mol. The third-order valence-corrected chi connectivity index (χ3v) is 6.08. The van der Waals surface area contributed by atoms with Crippen LogP contribution in [-0.2, 0) is 33.8 Å². The van der Waals surface area contributed by atoms with Gasteiger partial charge in [0.15, 0.2) is 5.69 Å². The number of carbonyl (C=O) groups excluding carboxylic acids is 2. The van der Waals surface area contributed by atoms with Gasteiger partial charge in [-0.1, -0.05) is 30.3 Å². The van der Waals surface area contributed by atoms with Gasteiger partial charge in [0, 0.05) is 25.6 Å². The van der Waals surface area contributed by atoms with Crippen molar-refractivity contribution in [1.82, 2.24) is 9.55 Å². The van der Waals surface area contributed by atoms with Crippen LogP contribution < -0.4 is 10.6 Å². The summed E-state index contributed by atoms with van der Waals surface area (Å²) in [5, 5.41) is 11.0. The van der Waals surface area contributed by atoms with E-state index in [9.17, 15) is 9.59 Å². The molecule has 0 unspecified atom stereocenters. The number of methoxy groups -OCH3 is 2. The molecule has 0 aliphatic rings. The van der Waals surface area contributed by atoms with E-state index in [0.717, 1.165) is 16.8 Å². The maximum Gasteiger partial charge on any atom is 0.356 e. The van der Waals surface area contributed by atoms with Crippen molar-refractivity contribution in [2.45, 2.75) is 19.5 Å². The number of aromatic nitrogens is 2. The molecule has 34 heavy (non-hydrogen) atoms. The lowest BCUT2D eigenvalue weighted by Crippen LogP contribution is -2.19. The lowest BCUT2D eigenvalue weighted by Gasteiger charge is -2.10. The molecule has 0 spiro atoms. The first-order valence-electron chi connectivity index (χ1n) is 10.8. The first-order valence-corrected chi connectivity index (χ1v) is 11.7. The summed E-state index contributed by atoms with van der Waals surface area (Å²) < 4.78 is 12.0. The highest BCUT2D eigenvalue weighted by Gasteiger charge is 2.26. The van der Waals surface area contributed by atoms with Crippen molar-refractivity contribution >= 4 is 45.6 Å². The highest BCUT2D eigenvalue weighted by molar-refractivity contribution is 7.07. The molecular weight excluding hydrogens is 452 g/mol. The molecule has 0 fully saturated rings. The molecule has 3 heterocycles. The van der Waals surface area contributed by atoms with Crippen molar-refractivity contribution in [3.05, 3.63) is 76.2 Å². The summed E-state index contributed by atoms with van der Waals surface area (Å²) in [4.78, 5) is 30.4. The van der Waals surface area contributed by atoms with Gasteiger partial charge in [0.25, 0.3) is 0 Å². The van der Waals surface area contributed by atoms with Gasteiger partial charge in [0.2, 0.25) is 5.91 Å². The molecule has 0 saturated carbocycles. The van der Waals surface area contributed by atoms with E-state index in [2.05, 4.69) is 27.1 Å². The quantitative estimate of drug-likeness (QED) is 0.330. The first-order chi connectivity index (χ1) is 16.6. The van der Waals surface area contributed by atoms with Crippen molar-refractivity contribution in [2.75, 3.05) is 31.5 Å². The number of benzene rings is 1. The molecule has 8 nitrogen and oxygen atoms in total. The fraction of sp³-hybridized carbons (Fsp3) is 0.240. The molecule has 4 rings (SSSR count). The number of hydrogen-bond acceptors (Lipinski definition) is 7. The molecule has 2 N–H and O–H groups in total. The topological polar surface area (TPSA) is 94.5 Å². The lowest BCUT2D eigenvalue weighted by atomic mass is 10.1. The number of amides is 1. The summed E-state index contributed by atoms with van der Waals surface area (Å²) in [6.07, 6.45) is 1.89. The standard InChI is InChI=1S/C25H26N4O4S/c1-32-10-9-29-23(25(31)33-2)22(28-21(30)12-17-6-4-3-5-7-17)20-13-19(15-27-24(20)29)26-14-18-8-11-34-16-18/h3-8,11,13,15-16,26H,9-10,12,14H2,1-2H3,(H,28,30). The van der Waals surface area contributed by atoms with Crippen LogP contribution in [0.2, 0.25) is 0 Å². The zero-order valence-electron chi connectivity index (χ0n) is 19.0. The number of nitrogens with one attached hydrogen (secondary N) is 2. The van der Waals surface area contributed by atoms with Gasteiger partial charge in [0.1, 0.15) is 5.65 Å². The molecule has 0 bridgehead atoms. The fourth-order valence-corrected chi connectivity index (χ4v) is 4.39. The molecule has 0 atom stereocenters. The monoisotopic (exact) mass is 478 g/mol. The SMILES string of the molecule is COCCn1c(C(=O)OC)c(NC(=O)Cc2ccccc2)c2cc(NCc3ccsc3)cnc21. The number of ether oxygens (including phenoxy) is 2. The molecule has 3 aromatic heterocycles. The highest BCUT2D eigenvalue weighted by atomic mass is 32.1. The molecule has 1 amide bonds. The number of pyridine rings is 1. The Kier molecular flexibility index (Phi) is 7.56. The minimum atomic E-state index is -0.558. The Morgan fingerprint density at radius 3 is 2.65 bits per heavy atom. The predicted octanol–water partition coefficient (Wildman–Crippen LogP) is 4.32.